The summed E-state index contributed by atoms with van der Waals surface area (Å²) < 4.78 is 27.3. The summed E-state index contributed by atoms with van der Waals surface area (Å²) >= 11 is 1.94. The van der Waals surface area contributed by atoms with Crippen LogP contribution in [0.4, 0.5) is 0 Å². The zero-order chi connectivity index (χ0) is 19.4. The number of carbonyl (C=O) groups excluding carboxylic acids is 1. The van der Waals surface area contributed by atoms with Gasteiger partial charge in [-0.05, 0) is 60.8 Å². The Morgan fingerprint density at radius 2 is 1.67 bits per heavy atom. The number of nitrogens with one attached hydrogen (secondary N) is 1. The summed E-state index contributed by atoms with van der Waals surface area (Å²) in [5, 5.41) is 3.17. The number of thioether (sulfide) groups is 1. The lowest BCUT2D eigenvalue weighted by molar-refractivity contribution is -0.126. The number of carbonyl (C=O) groups is 1. The molecule has 2 aliphatic heterocycles. The molecule has 0 atom stereocenters. The number of piperidine rings is 1. The zero-order valence-electron chi connectivity index (χ0n) is 16.2. The van der Waals surface area contributed by atoms with Crippen molar-refractivity contribution in [2.45, 2.75) is 56.4 Å². The van der Waals surface area contributed by atoms with Crippen molar-refractivity contribution in [3.8, 4) is 0 Å². The molecule has 3 rings (SSSR count). The molecule has 1 N–H and O–H groups in total. The van der Waals surface area contributed by atoms with Crippen LogP contribution in [0.25, 0.3) is 0 Å². The van der Waals surface area contributed by atoms with Gasteiger partial charge < -0.3 is 5.32 Å². The Morgan fingerprint density at radius 3 is 2.22 bits per heavy atom. The Labute approximate surface area is 167 Å². The van der Waals surface area contributed by atoms with E-state index in [1.54, 1.807) is 12.1 Å². The number of amides is 1. The maximum absolute atomic E-state index is 12.9. The first-order valence-corrected chi connectivity index (χ1v) is 12.5. The van der Waals surface area contributed by atoms with Crippen molar-refractivity contribution in [1.29, 1.82) is 0 Å². The Kier molecular flexibility index (Phi) is 6.87. The van der Waals surface area contributed by atoms with Crippen LogP contribution in [0.1, 0.15) is 51.0 Å². The van der Waals surface area contributed by atoms with Crippen molar-refractivity contribution < 1.29 is 13.2 Å². The van der Waals surface area contributed by atoms with Gasteiger partial charge in [0, 0.05) is 25.0 Å². The molecule has 1 aromatic carbocycles. The van der Waals surface area contributed by atoms with Crippen LogP contribution in [0.5, 0.6) is 0 Å². The van der Waals surface area contributed by atoms with Gasteiger partial charge in [-0.2, -0.15) is 16.1 Å². The minimum atomic E-state index is -3.48. The topological polar surface area (TPSA) is 66.5 Å². The highest BCUT2D eigenvalue weighted by atomic mass is 32.2. The van der Waals surface area contributed by atoms with Gasteiger partial charge in [-0.1, -0.05) is 26.0 Å². The van der Waals surface area contributed by atoms with E-state index in [1.165, 1.54) is 4.31 Å². The highest BCUT2D eigenvalue weighted by Crippen LogP contribution is 2.26. The molecule has 0 saturated carbocycles. The van der Waals surface area contributed by atoms with Gasteiger partial charge in [0.15, 0.2) is 0 Å². The van der Waals surface area contributed by atoms with Gasteiger partial charge in [-0.3, -0.25) is 4.79 Å². The molecule has 150 valence electrons. The lowest BCUT2D eigenvalue weighted by Crippen LogP contribution is -2.46. The van der Waals surface area contributed by atoms with E-state index < -0.39 is 10.0 Å². The number of hydrogen-bond acceptors (Lipinski definition) is 4. The molecule has 0 radical (unpaired) electrons. The van der Waals surface area contributed by atoms with E-state index in [-0.39, 0.29) is 11.8 Å². The first kappa shape index (κ1) is 20.7. The first-order chi connectivity index (χ1) is 12.9. The lowest BCUT2D eigenvalue weighted by Gasteiger charge is -2.32. The van der Waals surface area contributed by atoms with E-state index in [0.29, 0.717) is 42.8 Å². The van der Waals surface area contributed by atoms with Gasteiger partial charge in [0.2, 0.25) is 15.9 Å². The van der Waals surface area contributed by atoms with Crippen LogP contribution in [0.3, 0.4) is 0 Å². The molecule has 2 saturated heterocycles. The van der Waals surface area contributed by atoms with Gasteiger partial charge in [-0.15, -0.1) is 0 Å². The minimum Gasteiger partial charge on any atom is -0.353 e. The quantitative estimate of drug-likeness (QED) is 0.809. The fourth-order valence-electron chi connectivity index (χ4n) is 3.69. The van der Waals surface area contributed by atoms with Crippen LogP contribution in [0.2, 0.25) is 0 Å². The van der Waals surface area contributed by atoms with Crippen molar-refractivity contribution in [1.82, 2.24) is 9.62 Å². The highest BCUT2D eigenvalue weighted by molar-refractivity contribution is 7.99. The maximum atomic E-state index is 12.9. The molecule has 7 heteroatoms. The normalized spacial score (nSPS) is 20.7. The average molecular weight is 411 g/mol. The largest absolute Gasteiger partial charge is 0.353 e. The molecule has 1 amide bonds. The van der Waals surface area contributed by atoms with Gasteiger partial charge in [0.1, 0.15) is 0 Å². The van der Waals surface area contributed by atoms with E-state index in [2.05, 4.69) is 19.2 Å². The molecule has 27 heavy (non-hydrogen) atoms. The molecule has 0 aromatic heterocycles. The van der Waals surface area contributed by atoms with Crippen molar-refractivity contribution >= 4 is 27.7 Å². The Morgan fingerprint density at radius 1 is 1.07 bits per heavy atom. The number of benzene rings is 1. The maximum Gasteiger partial charge on any atom is 0.243 e. The second kappa shape index (κ2) is 8.97. The van der Waals surface area contributed by atoms with E-state index >= 15 is 0 Å². The predicted octanol–water partition coefficient (Wildman–Crippen LogP) is 3.22. The third-order valence-electron chi connectivity index (χ3n) is 5.58. The number of nitrogens with zero attached hydrogens (tertiary/aromatic N) is 1. The summed E-state index contributed by atoms with van der Waals surface area (Å²) in [4.78, 5) is 12.9. The molecule has 2 heterocycles. The second-order valence-electron chi connectivity index (χ2n) is 7.80. The summed E-state index contributed by atoms with van der Waals surface area (Å²) in [6, 6.07) is 7.47. The number of rotatable bonds is 5. The van der Waals surface area contributed by atoms with Crippen molar-refractivity contribution in [2.24, 2.45) is 5.92 Å². The van der Waals surface area contributed by atoms with Crippen LogP contribution in [-0.4, -0.2) is 49.3 Å². The Bertz CT molecular complexity index is 733. The van der Waals surface area contributed by atoms with Crippen molar-refractivity contribution in [3.63, 3.8) is 0 Å². The van der Waals surface area contributed by atoms with Crippen molar-refractivity contribution in [3.05, 3.63) is 29.8 Å². The van der Waals surface area contributed by atoms with E-state index in [4.69, 9.17) is 0 Å². The second-order valence-corrected chi connectivity index (χ2v) is 11.0. The van der Waals surface area contributed by atoms with Crippen LogP contribution in [-0.2, 0) is 14.8 Å². The Balaban J connectivity index is 1.56. The van der Waals surface area contributed by atoms with Crippen LogP contribution in [0.15, 0.2) is 29.2 Å². The third-order valence-corrected chi connectivity index (χ3v) is 8.54. The van der Waals surface area contributed by atoms with Gasteiger partial charge >= 0.3 is 0 Å². The standard InChI is InChI=1S/C20H30N2O3S2/c1-15(2)16-3-5-19(6-4-16)27(24,25)22-11-7-17(8-12-22)20(23)21-18-9-13-26-14-10-18/h3-6,15,17-18H,7-14H2,1-2H3,(H,21,23). The Hall–Kier alpha value is -1.05. The minimum absolute atomic E-state index is 0.0747. The highest BCUT2D eigenvalue weighted by Gasteiger charge is 2.32. The summed E-state index contributed by atoms with van der Waals surface area (Å²) in [6.07, 6.45) is 3.26. The SMILES string of the molecule is CC(C)c1ccc(S(=O)(=O)N2CCC(C(=O)NC3CCSCC3)CC2)cc1. The molecule has 0 bridgehead atoms. The lowest BCUT2D eigenvalue weighted by atomic mass is 9.96. The van der Waals surface area contributed by atoms with Gasteiger partial charge in [0.05, 0.1) is 4.90 Å². The summed E-state index contributed by atoms with van der Waals surface area (Å²) in [5.74, 6) is 2.62. The fourth-order valence-corrected chi connectivity index (χ4v) is 6.27. The van der Waals surface area contributed by atoms with Crippen molar-refractivity contribution in [2.75, 3.05) is 24.6 Å². The molecular weight excluding hydrogens is 380 g/mol. The monoisotopic (exact) mass is 410 g/mol. The molecular formula is C20H30N2O3S2. The number of hydrogen-bond donors (Lipinski definition) is 1. The molecule has 0 aliphatic carbocycles. The van der Waals surface area contributed by atoms with E-state index in [0.717, 1.165) is 29.9 Å². The molecule has 2 aliphatic rings. The van der Waals surface area contributed by atoms with Crippen LogP contribution < -0.4 is 5.32 Å². The fraction of sp³-hybridized carbons (Fsp3) is 0.650. The zero-order valence-corrected chi connectivity index (χ0v) is 17.8. The summed E-state index contributed by atoms with van der Waals surface area (Å²) in [5.41, 5.74) is 1.13. The summed E-state index contributed by atoms with van der Waals surface area (Å²) in [7, 11) is -3.48. The van der Waals surface area contributed by atoms with Crippen LogP contribution in [0, 0.1) is 5.92 Å². The molecule has 0 spiro atoms. The molecule has 2 fully saturated rings. The molecule has 5 nitrogen and oxygen atoms in total. The number of sulfonamides is 1. The summed E-state index contributed by atoms with van der Waals surface area (Å²) in [6.45, 7) is 5.00. The third kappa shape index (κ3) is 5.06. The van der Waals surface area contributed by atoms with Gasteiger partial charge in [-0.25, -0.2) is 8.42 Å². The smallest absolute Gasteiger partial charge is 0.243 e. The van der Waals surface area contributed by atoms with E-state index in [1.807, 2.05) is 23.9 Å². The first-order valence-electron chi connectivity index (χ1n) is 9.86. The van der Waals surface area contributed by atoms with Crippen LogP contribution >= 0.6 is 11.8 Å². The predicted molar refractivity (Wildman–Crippen MR) is 111 cm³/mol. The molecule has 1 aromatic rings. The van der Waals surface area contributed by atoms with Gasteiger partial charge in [0.25, 0.3) is 0 Å². The van der Waals surface area contributed by atoms with E-state index in [9.17, 15) is 13.2 Å². The molecule has 0 unspecified atom stereocenters. The average Bonchev–Trinajstić information content (AvgIpc) is 2.69.